The predicted molar refractivity (Wildman–Crippen MR) is 84.8 cm³/mol. The zero-order chi connectivity index (χ0) is 13.9. The molecule has 2 saturated heterocycles. The van der Waals surface area contributed by atoms with E-state index in [1.54, 1.807) is 0 Å². The highest BCUT2D eigenvalue weighted by Crippen LogP contribution is 2.31. The maximum atomic E-state index is 6.03. The smallest absolute Gasteiger partial charge is 0.0235 e. The molecule has 1 saturated carbocycles. The standard InChI is InChI=1S/C17H33N3/c1-14(15-5-3-2-4-6-15)20-12-9-17(13-20)19-10-7-16(18)8-11-19/h14-17H,2-13,18H2,1H3. The first-order chi connectivity index (χ1) is 9.74. The van der Waals surface area contributed by atoms with Crippen molar-refractivity contribution >= 4 is 0 Å². The Balaban J connectivity index is 1.48. The first-order valence-electron chi connectivity index (χ1n) is 8.97. The molecular weight excluding hydrogens is 246 g/mol. The Labute approximate surface area is 124 Å². The fourth-order valence-electron chi connectivity index (χ4n) is 4.64. The third-order valence-electron chi connectivity index (χ3n) is 6.19. The van der Waals surface area contributed by atoms with Gasteiger partial charge in [-0.1, -0.05) is 19.3 Å². The van der Waals surface area contributed by atoms with E-state index < -0.39 is 0 Å². The fraction of sp³-hybridized carbons (Fsp3) is 1.00. The van der Waals surface area contributed by atoms with Crippen molar-refractivity contribution in [1.29, 1.82) is 0 Å². The Morgan fingerprint density at radius 3 is 2.30 bits per heavy atom. The number of rotatable bonds is 3. The molecule has 3 heteroatoms. The van der Waals surface area contributed by atoms with Crippen LogP contribution >= 0.6 is 0 Å². The van der Waals surface area contributed by atoms with Crippen LogP contribution in [0.25, 0.3) is 0 Å². The maximum absolute atomic E-state index is 6.03. The van der Waals surface area contributed by atoms with E-state index in [1.807, 2.05) is 0 Å². The molecule has 1 aliphatic carbocycles. The second-order valence-electron chi connectivity index (χ2n) is 7.45. The number of nitrogens with two attached hydrogens (primary N) is 1. The number of hydrogen-bond donors (Lipinski definition) is 1. The van der Waals surface area contributed by atoms with Crippen molar-refractivity contribution < 1.29 is 0 Å². The topological polar surface area (TPSA) is 32.5 Å². The van der Waals surface area contributed by atoms with Gasteiger partial charge in [-0.3, -0.25) is 9.80 Å². The molecule has 2 aliphatic heterocycles. The lowest BCUT2D eigenvalue weighted by Crippen LogP contribution is -2.47. The largest absolute Gasteiger partial charge is 0.328 e. The van der Waals surface area contributed by atoms with E-state index in [4.69, 9.17) is 5.73 Å². The molecule has 116 valence electrons. The summed E-state index contributed by atoms with van der Waals surface area (Å²) in [5.74, 6) is 0.970. The van der Waals surface area contributed by atoms with Gasteiger partial charge in [-0.15, -0.1) is 0 Å². The molecule has 3 nitrogen and oxygen atoms in total. The highest BCUT2D eigenvalue weighted by Gasteiger charge is 2.34. The van der Waals surface area contributed by atoms with Gasteiger partial charge in [0.05, 0.1) is 0 Å². The summed E-state index contributed by atoms with van der Waals surface area (Å²) in [5, 5.41) is 0. The number of hydrogen-bond acceptors (Lipinski definition) is 3. The van der Waals surface area contributed by atoms with Gasteiger partial charge in [0.1, 0.15) is 0 Å². The predicted octanol–water partition coefficient (Wildman–Crippen LogP) is 2.45. The highest BCUT2D eigenvalue weighted by molar-refractivity contribution is 4.90. The van der Waals surface area contributed by atoms with Gasteiger partial charge >= 0.3 is 0 Å². The minimum atomic E-state index is 0.463. The van der Waals surface area contributed by atoms with Crippen LogP contribution in [0.5, 0.6) is 0 Å². The lowest BCUT2D eigenvalue weighted by molar-refractivity contribution is 0.123. The van der Waals surface area contributed by atoms with Crippen LogP contribution in [0.1, 0.15) is 58.3 Å². The fourth-order valence-corrected chi connectivity index (χ4v) is 4.64. The molecule has 2 atom stereocenters. The van der Waals surface area contributed by atoms with Crippen molar-refractivity contribution in [1.82, 2.24) is 9.80 Å². The number of nitrogens with zero attached hydrogens (tertiary/aromatic N) is 2. The average Bonchev–Trinajstić information content (AvgIpc) is 2.98. The number of likely N-dealkylation sites (tertiary alicyclic amines) is 2. The van der Waals surface area contributed by atoms with Crippen molar-refractivity contribution in [3.63, 3.8) is 0 Å². The summed E-state index contributed by atoms with van der Waals surface area (Å²) in [6.07, 6.45) is 11.1. The molecule has 2 heterocycles. The van der Waals surface area contributed by atoms with Crippen LogP contribution in [-0.2, 0) is 0 Å². The summed E-state index contributed by atoms with van der Waals surface area (Å²) in [4.78, 5) is 5.51. The van der Waals surface area contributed by atoms with Gasteiger partial charge in [0.2, 0.25) is 0 Å². The van der Waals surface area contributed by atoms with E-state index in [0.717, 1.165) is 18.0 Å². The Morgan fingerprint density at radius 2 is 1.60 bits per heavy atom. The Bertz CT molecular complexity index is 293. The Morgan fingerprint density at radius 1 is 0.900 bits per heavy atom. The molecule has 0 radical (unpaired) electrons. The van der Waals surface area contributed by atoms with Crippen LogP contribution in [-0.4, -0.2) is 54.1 Å². The average molecular weight is 279 g/mol. The van der Waals surface area contributed by atoms with Crippen molar-refractivity contribution in [2.75, 3.05) is 26.2 Å². The zero-order valence-corrected chi connectivity index (χ0v) is 13.3. The van der Waals surface area contributed by atoms with Gasteiger partial charge in [0.25, 0.3) is 0 Å². The van der Waals surface area contributed by atoms with Crippen LogP contribution in [0.2, 0.25) is 0 Å². The van der Waals surface area contributed by atoms with Crippen LogP contribution in [0.15, 0.2) is 0 Å². The molecule has 0 aromatic carbocycles. The monoisotopic (exact) mass is 279 g/mol. The van der Waals surface area contributed by atoms with E-state index in [0.29, 0.717) is 6.04 Å². The summed E-state index contributed by atoms with van der Waals surface area (Å²) < 4.78 is 0. The molecule has 3 aliphatic rings. The Kier molecular flexibility index (Phi) is 5.00. The zero-order valence-electron chi connectivity index (χ0n) is 13.3. The molecular formula is C17H33N3. The molecule has 0 amide bonds. The first-order valence-corrected chi connectivity index (χ1v) is 8.97. The van der Waals surface area contributed by atoms with E-state index >= 15 is 0 Å². The van der Waals surface area contributed by atoms with Crippen LogP contribution in [0.3, 0.4) is 0 Å². The normalized spacial score (nSPS) is 33.6. The van der Waals surface area contributed by atoms with E-state index in [2.05, 4.69) is 16.7 Å². The van der Waals surface area contributed by atoms with E-state index in [-0.39, 0.29) is 0 Å². The van der Waals surface area contributed by atoms with Gasteiger partial charge < -0.3 is 5.73 Å². The quantitative estimate of drug-likeness (QED) is 0.861. The first kappa shape index (κ1) is 14.8. The molecule has 3 fully saturated rings. The molecule has 20 heavy (non-hydrogen) atoms. The van der Waals surface area contributed by atoms with Crippen LogP contribution in [0.4, 0.5) is 0 Å². The van der Waals surface area contributed by atoms with E-state index in [1.165, 1.54) is 77.5 Å². The van der Waals surface area contributed by atoms with Crippen molar-refractivity contribution in [3.05, 3.63) is 0 Å². The molecule has 0 aromatic heterocycles. The van der Waals surface area contributed by atoms with Gasteiger partial charge in [-0.05, 0) is 58.0 Å². The van der Waals surface area contributed by atoms with Gasteiger partial charge in [0.15, 0.2) is 0 Å². The Hall–Kier alpha value is -0.120. The molecule has 0 aromatic rings. The molecule has 0 spiro atoms. The molecule has 0 bridgehead atoms. The van der Waals surface area contributed by atoms with Gasteiger partial charge in [-0.2, -0.15) is 0 Å². The third-order valence-corrected chi connectivity index (χ3v) is 6.19. The van der Waals surface area contributed by atoms with Crippen molar-refractivity contribution in [3.8, 4) is 0 Å². The lowest BCUT2D eigenvalue weighted by Gasteiger charge is -2.37. The second-order valence-corrected chi connectivity index (χ2v) is 7.45. The summed E-state index contributed by atoms with van der Waals surface area (Å²) in [5.41, 5.74) is 6.03. The lowest BCUT2D eigenvalue weighted by atomic mass is 9.84. The van der Waals surface area contributed by atoms with Gasteiger partial charge in [-0.25, -0.2) is 0 Å². The van der Waals surface area contributed by atoms with Crippen LogP contribution in [0, 0.1) is 5.92 Å². The third kappa shape index (κ3) is 3.37. The van der Waals surface area contributed by atoms with Crippen LogP contribution < -0.4 is 5.73 Å². The van der Waals surface area contributed by atoms with Crippen molar-refractivity contribution in [2.24, 2.45) is 11.7 Å². The maximum Gasteiger partial charge on any atom is 0.0235 e. The molecule has 2 N–H and O–H groups in total. The molecule has 2 unspecified atom stereocenters. The second kappa shape index (κ2) is 6.76. The minimum absolute atomic E-state index is 0.463. The van der Waals surface area contributed by atoms with E-state index in [9.17, 15) is 0 Å². The summed E-state index contributed by atoms with van der Waals surface area (Å²) in [7, 11) is 0. The summed E-state index contributed by atoms with van der Waals surface area (Å²) >= 11 is 0. The minimum Gasteiger partial charge on any atom is -0.328 e. The van der Waals surface area contributed by atoms with Gasteiger partial charge in [0, 0.05) is 31.2 Å². The summed E-state index contributed by atoms with van der Waals surface area (Å²) in [6, 6.07) is 2.09. The SMILES string of the molecule is CC(C1CCCCC1)N1CCC(N2CCC(N)CC2)C1. The van der Waals surface area contributed by atoms with Crippen molar-refractivity contribution in [2.45, 2.75) is 76.4 Å². The molecule has 3 rings (SSSR count). The number of piperidine rings is 1. The summed E-state index contributed by atoms with van der Waals surface area (Å²) in [6.45, 7) is 7.59. The highest BCUT2D eigenvalue weighted by atomic mass is 15.3.